The minimum atomic E-state index is -2.80. The molecule has 1 aromatic heterocycles. The Bertz CT molecular complexity index is 520. The third kappa shape index (κ3) is 3.14. The fourth-order valence-corrected chi connectivity index (χ4v) is 4.23. The van der Waals surface area contributed by atoms with Gasteiger partial charge >= 0.3 is 0 Å². The van der Waals surface area contributed by atoms with E-state index < -0.39 is 9.84 Å². The molecule has 2 saturated heterocycles. The van der Waals surface area contributed by atoms with Gasteiger partial charge in [-0.25, -0.2) is 8.42 Å². The molecule has 6 nitrogen and oxygen atoms in total. The van der Waals surface area contributed by atoms with Crippen LogP contribution in [0.15, 0.2) is 4.52 Å². The number of nitrogens with zero attached hydrogens (tertiary/aromatic N) is 2. The maximum Gasteiger partial charge on any atom is 0.226 e. The third-order valence-electron chi connectivity index (χ3n) is 3.92. The lowest BCUT2D eigenvalue weighted by Gasteiger charge is -2.19. The summed E-state index contributed by atoms with van der Waals surface area (Å²) in [5.41, 5.74) is 0. The number of rotatable bonds is 3. The summed E-state index contributed by atoms with van der Waals surface area (Å²) in [5, 5.41) is 4.01. The lowest BCUT2D eigenvalue weighted by Crippen LogP contribution is -2.24. The monoisotopic (exact) mass is 286 g/mol. The Kier molecular flexibility index (Phi) is 3.58. The molecule has 1 atom stereocenters. The first-order valence-electron chi connectivity index (χ1n) is 6.73. The van der Waals surface area contributed by atoms with Crippen LogP contribution >= 0.6 is 0 Å². The van der Waals surface area contributed by atoms with Crippen LogP contribution in [0.2, 0.25) is 0 Å². The first-order chi connectivity index (χ1) is 9.12. The van der Waals surface area contributed by atoms with Crippen molar-refractivity contribution in [3.05, 3.63) is 11.7 Å². The molecule has 106 valence electrons. The highest BCUT2D eigenvalue weighted by atomic mass is 32.2. The zero-order chi connectivity index (χ0) is 13.3. The number of hydrogen-bond donors (Lipinski definition) is 0. The molecule has 7 heteroatoms. The Morgan fingerprint density at radius 2 is 2.00 bits per heavy atom. The van der Waals surface area contributed by atoms with E-state index in [4.69, 9.17) is 9.26 Å². The highest BCUT2D eigenvalue weighted by Crippen LogP contribution is 2.25. The molecule has 3 rings (SSSR count). The average Bonchev–Trinajstić information content (AvgIpc) is 3.02. The van der Waals surface area contributed by atoms with E-state index in [1.54, 1.807) is 0 Å². The maximum atomic E-state index is 11.4. The largest absolute Gasteiger partial charge is 0.381 e. The summed E-state index contributed by atoms with van der Waals surface area (Å²) >= 11 is 0. The third-order valence-corrected chi connectivity index (χ3v) is 5.63. The van der Waals surface area contributed by atoms with Gasteiger partial charge in [0, 0.05) is 18.9 Å². The van der Waals surface area contributed by atoms with Crippen LogP contribution in [-0.2, 0) is 21.0 Å². The quantitative estimate of drug-likeness (QED) is 0.822. The van der Waals surface area contributed by atoms with Crippen LogP contribution in [0.4, 0.5) is 0 Å². The molecule has 3 heterocycles. The van der Waals surface area contributed by atoms with Gasteiger partial charge in [0.2, 0.25) is 5.89 Å². The van der Waals surface area contributed by atoms with Gasteiger partial charge in [0.1, 0.15) is 9.84 Å². The summed E-state index contributed by atoms with van der Waals surface area (Å²) in [6.45, 7) is 1.43. The Balaban J connectivity index is 1.58. The Morgan fingerprint density at radius 1 is 1.21 bits per heavy atom. The van der Waals surface area contributed by atoms with Gasteiger partial charge in [-0.3, -0.25) is 0 Å². The fourth-order valence-electron chi connectivity index (χ4n) is 2.64. The Hall–Kier alpha value is -0.950. The summed E-state index contributed by atoms with van der Waals surface area (Å²) in [5.74, 6) is 2.53. The van der Waals surface area contributed by atoms with Crippen molar-refractivity contribution in [3.63, 3.8) is 0 Å². The van der Waals surface area contributed by atoms with Crippen molar-refractivity contribution < 1.29 is 17.7 Å². The van der Waals surface area contributed by atoms with Crippen LogP contribution in [0, 0.1) is 5.92 Å². The molecule has 0 spiro atoms. The zero-order valence-electron chi connectivity index (χ0n) is 10.7. The fraction of sp³-hybridized carbons (Fsp3) is 0.833. The van der Waals surface area contributed by atoms with E-state index in [1.165, 1.54) is 0 Å². The van der Waals surface area contributed by atoms with Gasteiger partial charge < -0.3 is 9.26 Å². The molecule has 0 radical (unpaired) electrons. The molecule has 1 aromatic rings. The van der Waals surface area contributed by atoms with Gasteiger partial charge in [0.25, 0.3) is 0 Å². The van der Waals surface area contributed by atoms with Crippen molar-refractivity contribution >= 4 is 9.84 Å². The van der Waals surface area contributed by atoms with Gasteiger partial charge in [-0.1, -0.05) is 5.16 Å². The van der Waals surface area contributed by atoms with Crippen molar-refractivity contribution in [2.45, 2.75) is 31.6 Å². The van der Waals surface area contributed by atoms with Gasteiger partial charge in [-0.15, -0.1) is 0 Å². The smallest absolute Gasteiger partial charge is 0.226 e. The summed E-state index contributed by atoms with van der Waals surface area (Å²) in [6.07, 6.45) is 3.04. The molecule has 0 aromatic carbocycles. The van der Waals surface area contributed by atoms with Gasteiger partial charge in [-0.2, -0.15) is 4.98 Å². The minimum absolute atomic E-state index is 0.254. The SMILES string of the molecule is O=S1(=O)CCC(Cc2nc([C@H]3CCOC3)no2)CC1. The summed E-state index contributed by atoms with van der Waals surface area (Å²) in [4.78, 5) is 4.42. The van der Waals surface area contributed by atoms with Crippen molar-refractivity contribution in [1.82, 2.24) is 10.1 Å². The minimum Gasteiger partial charge on any atom is -0.381 e. The van der Waals surface area contributed by atoms with Crippen molar-refractivity contribution in [2.24, 2.45) is 5.92 Å². The van der Waals surface area contributed by atoms with Crippen LogP contribution in [-0.4, -0.2) is 43.3 Å². The van der Waals surface area contributed by atoms with Crippen molar-refractivity contribution in [3.8, 4) is 0 Å². The summed E-state index contributed by atoms with van der Waals surface area (Å²) in [7, 11) is -2.80. The van der Waals surface area contributed by atoms with E-state index in [0.29, 0.717) is 37.7 Å². The molecule has 0 saturated carbocycles. The second-order valence-electron chi connectivity index (χ2n) is 5.41. The molecule has 2 aliphatic heterocycles. The van der Waals surface area contributed by atoms with Gasteiger partial charge in [0.15, 0.2) is 5.82 Å². The number of ether oxygens (including phenoxy) is 1. The Labute approximate surface area is 112 Å². The maximum absolute atomic E-state index is 11.4. The molecule has 2 aliphatic rings. The second kappa shape index (κ2) is 5.20. The van der Waals surface area contributed by atoms with Crippen LogP contribution in [0.25, 0.3) is 0 Å². The van der Waals surface area contributed by atoms with Gasteiger partial charge in [-0.05, 0) is 25.2 Å². The van der Waals surface area contributed by atoms with E-state index in [9.17, 15) is 8.42 Å². The molecule has 19 heavy (non-hydrogen) atoms. The van der Waals surface area contributed by atoms with E-state index in [0.717, 1.165) is 18.9 Å². The van der Waals surface area contributed by atoms with Crippen LogP contribution in [0.5, 0.6) is 0 Å². The predicted octanol–water partition coefficient (Wildman–Crippen LogP) is 0.941. The zero-order valence-corrected chi connectivity index (χ0v) is 11.6. The molecule has 0 N–H and O–H groups in total. The molecular formula is C12H18N2O4S. The molecule has 0 amide bonds. The van der Waals surface area contributed by atoms with Crippen LogP contribution in [0.1, 0.15) is 36.9 Å². The van der Waals surface area contributed by atoms with E-state index in [2.05, 4.69) is 10.1 Å². The topological polar surface area (TPSA) is 82.3 Å². The first kappa shape index (κ1) is 13.1. The number of hydrogen-bond acceptors (Lipinski definition) is 6. The summed E-state index contributed by atoms with van der Waals surface area (Å²) < 4.78 is 33.3. The van der Waals surface area contributed by atoms with E-state index >= 15 is 0 Å². The van der Waals surface area contributed by atoms with E-state index in [-0.39, 0.29) is 17.4 Å². The first-order valence-corrected chi connectivity index (χ1v) is 8.55. The lowest BCUT2D eigenvalue weighted by atomic mass is 9.99. The molecular weight excluding hydrogens is 268 g/mol. The van der Waals surface area contributed by atoms with Crippen molar-refractivity contribution in [1.29, 1.82) is 0 Å². The highest BCUT2D eigenvalue weighted by molar-refractivity contribution is 7.91. The second-order valence-corrected chi connectivity index (χ2v) is 7.71. The lowest BCUT2D eigenvalue weighted by molar-refractivity contribution is 0.192. The van der Waals surface area contributed by atoms with Crippen molar-refractivity contribution in [2.75, 3.05) is 24.7 Å². The van der Waals surface area contributed by atoms with Gasteiger partial charge in [0.05, 0.1) is 18.1 Å². The number of sulfone groups is 1. The molecule has 0 aliphatic carbocycles. The number of aromatic nitrogens is 2. The molecule has 2 fully saturated rings. The predicted molar refractivity (Wildman–Crippen MR) is 67.6 cm³/mol. The average molecular weight is 286 g/mol. The summed E-state index contributed by atoms with van der Waals surface area (Å²) in [6, 6.07) is 0. The van der Waals surface area contributed by atoms with E-state index in [1.807, 2.05) is 0 Å². The Morgan fingerprint density at radius 3 is 2.68 bits per heavy atom. The van der Waals surface area contributed by atoms with Crippen LogP contribution < -0.4 is 0 Å². The standard InChI is InChI=1S/C12H18N2O4S/c15-19(16)5-2-9(3-6-19)7-11-13-12(14-18-11)10-1-4-17-8-10/h9-10H,1-8H2/t10-/m0/s1. The molecule has 0 bridgehead atoms. The normalized spacial score (nSPS) is 27.7. The van der Waals surface area contributed by atoms with Crippen LogP contribution in [0.3, 0.4) is 0 Å². The highest BCUT2D eigenvalue weighted by Gasteiger charge is 2.27. The molecule has 0 unspecified atom stereocenters.